The SMILES string of the molecule is Cc1cccc(CCC(=O)Nc2ccc(-c3cn4cccnc4n3)cc2)c1. The molecule has 5 heteroatoms. The predicted octanol–water partition coefficient (Wildman–Crippen LogP) is 4.28. The summed E-state index contributed by atoms with van der Waals surface area (Å²) in [6.07, 6.45) is 6.78. The average Bonchev–Trinajstić information content (AvgIpc) is 3.11. The second kappa shape index (κ2) is 7.41. The molecule has 4 rings (SSSR count). The Morgan fingerprint density at radius 2 is 1.96 bits per heavy atom. The number of aryl methyl sites for hydroxylation is 2. The third-order valence-corrected chi connectivity index (χ3v) is 4.42. The van der Waals surface area contributed by atoms with E-state index in [0.29, 0.717) is 12.2 Å². The van der Waals surface area contributed by atoms with Crippen molar-refractivity contribution in [3.63, 3.8) is 0 Å². The monoisotopic (exact) mass is 356 g/mol. The first kappa shape index (κ1) is 17.0. The fourth-order valence-corrected chi connectivity index (χ4v) is 3.04. The first-order valence-corrected chi connectivity index (χ1v) is 8.93. The van der Waals surface area contributed by atoms with Gasteiger partial charge in [-0.1, -0.05) is 42.0 Å². The molecule has 0 fully saturated rings. The zero-order valence-electron chi connectivity index (χ0n) is 15.1. The number of carbonyl (C=O) groups is 1. The second-order valence-electron chi connectivity index (χ2n) is 6.57. The molecule has 1 N–H and O–H groups in total. The van der Waals surface area contributed by atoms with Gasteiger partial charge in [-0.05, 0) is 37.1 Å². The predicted molar refractivity (Wildman–Crippen MR) is 107 cm³/mol. The number of nitrogens with one attached hydrogen (secondary N) is 1. The van der Waals surface area contributed by atoms with Crippen LogP contribution in [0.3, 0.4) is 0 Å². The van der Waals surface area contributed by atoms with Crippen molar-refractivity contribution in [2.24, 2.45) is 0 Å². The lowest BCUT2D eigenvalue weighted by Crippen LogP contribution is -2.12. The highest BCUT2D eigenvalue weighted by molar-refractivity contribution is 5.91. The number of aromatic nitrogens is 3. The zero-order chi connectivity index (χ0) is 18.6. The van der Waals surface area contributed by atoms with Crippen molar-refractivity contribution in [3.05, 3.63) is 84.3 Å². The zero-order valence-corrected chi connectivity index (χ0v) is 15.1. The number of hydrogen-bond donors (Lipinski definition) is 1. The van der Waals surface area contributed by atoms with Crippen molar-refractivity contribution < 1.29 is 4.79 Å². The van der Waals surface area contributed by atoms with E-state index in [2.05, 4.69) is 40.4 Å². The first-order chi connectivity index (χ1) is 13.2. The summed E-state index contributed by atoms with van der Waals surface area (Å²) in [5.41, 5.74) is 5.02. The summed E-state index contributed by atoms with van der Waals surface area (Å²) >= 11 is 0. The Labute approximate surface area is 157 Å². The lowest BCUT2D eigenvalue weighted by molar-refractivity contribution is -0.116. The lowest BCUT2D eigenvalue weighted by Gasteiger charge is -2.06. The molecule has 0 aliphatic heterocycles. The van der Waals surface area contributed by atoms with Crippen molar-refractivity contribution in [2.45, 2.75) is 19.8 Å². The largest absolute Gasteiger partial charge is 0.326 e. The molecule has 0 unspecified atom stereocenters. The van der Waals surface area contributed by atoms with Gasteiger partial charge in [-0.25, -0.2) is 9.97 Å². The molecule has 1 amide bonds. The number of fused-ring (bicyclic) bond motifs is 1. The maximum Gasteiger partial charge on any atom is 0.234 e. The van der Waals surface area contributed by atoms with Crippen LogP contribution < -0.4 is 5.32 Å². The number of benzene rings is 2. The van der Waals surface area contributed by atoms with Gasteiger partial charge in [-0.3, -0.25) is 9.20 Å². The number of rotatable bonds is 5. The van der Waals surface area contributed by atoms with Gasteiger partial charge >= 0.3 is 0 Å². The minimum atomic E-state index is 0.0150. The van der Waals surface area contributed by atoms with E-state index >= 15 is 0 Å². The van der Waals surface area contributed by atoms with Crippen molar-refractivity contribution in [2.75, 3.05) is 5.32 Å². The Balaban J connectivity index is 1.39. The third kappa shape index (κ3) is 4.03. The van der Waals surface area contributed by atoms with Crippen molar-refractivity contribution in [1.29, 1.82) is 0 Å². The molecule has 0 spiro atoms. The molecule has 0 bridgehead atoms. The number of amides is 1. The molecule has 0 saturated heterocycles. The number of hydrogen-bond acceptors (Lipinski definition) is 3. The molecular formula is C22H20N4O. The maximum absolute atomic E-state index is 12.2. The van der Waals surface area contributed by atoms with Crippen LogP contribution in [0.2, 0.25) is 0 Å². The third-order valence-electron chi connectivity index (χ3n) is 4.42. The smallest absolute Gasteiger partial charge is 0.234 e. The van der Waals surface area contributed by atoms with Gasteiger partial charge in [0.2, 0.25) is 11.7 Å². The Hall–Kier alpha value is -3.47. The normalized spacial score (nSPS) is 10.9. The van der Waals surface area contributed by atoms with E-state index in [1.807, 2.05) is 53.2 Å². The van der Waals surface area contributed by atoms with Crippen LogP contribution in [0.4, 0.5) is 5.69 Å². The van der Waals surface area contributed by atoms with Gasteiger partial charge < -0.3 is 5.32 Å². The average molecular weight is 356 g/mol. The number of imidazole rings is 1. The van der Waals surface area contributed by atoms with Gasteiger partial charge in [-0.2, -0.15) is 0 Å². The van der Waals surface area contributed by atoms with Gasteiger partial charge in [0.25, 0.3) is 0 Å². The van der Waals surface area contributed by atoms with Crippen LogP contribution in [-0.2, 0) is 11.2 Å². The first-order valence-electron chi connectivity index (χ1n) is 8.93. The van der Waals surface area contributed by atoms with E-state index in [9.17, 15) is 4.79 Å². The van der Waals surface area contributed by atoms with Crippen molar-refractivity contribution in [3.8, 4) is 11.3 Å². The molecular weight excluding hydrogens is 336 g/mol. The van der Waals surface area contributed by atoms with E-state index < -0.39 is 0 Å². The van der Waals surface area contributed by atoms with Crippen LogP contribution in [0.5, 0.6) is 0 Å². The number of nitrogens with zero attached hydrogens (tertiary/aromatic N) is 3. The molecule has 0 aliphatic rings. The van der Waals surface area contributed by atoms with Gasteiger partial charge in [0.05, 0.1) is 5.69 Å². The standard InChI is InChI=1S/C22H20N4O/c1-16-4-2-5-17(14-16)6-11-21(27)24-19-9-7-18(8-10-19)20-15-26-13-3-12-23-22(26)25-20/h2-5,7-10,12-15H,6,11H2,1H3,(H,24,27). The fourth-order valence-electron chi connectivity index (χ4n) is 3.04. The number of carbonyl (C=O) groups excluding carboxylic acids is 1. The van der Waals surface area contributed by atoms with E-state index in [1.54, 1.807) is 6.20 Å². The molecule has 27 heavy (non-hydrogen) atoms. The van der Waals surface area contributed by atoms with Crippen LogP contribution in [0.25, 0.3) is 17.0 Å². The second-order valence-corrected chi connectivity index (χ2v) is 6.57. The molecule has 0 radical (unpaired) electrons. The highest BCUT2D eigenvalue weighted by atomic mass is 16.1. The van der Waals surface area contributed by atoms with Crippen LogP contribution >= 0.6 is 0 Å². The Morgan fingerprint density at radius 1 is 1.11 bits per heavy atom. The van der Waals surface area contributed by atoms with E-state index in [4.69, 9.17) is 0 Å². The van der Waals surface area contributed by atoms with Crippen molar-refractivity contribution in [1.82, 2.24) is 14.4 Å². The van der Waals surface area contributed by atoms with Gasteiger partial charge in [-0.15, -0.1) is 0 Å². The summed E-state index contributed by atoms with van der Waals surface area (Å²) in [7, 11) is 0. The van der Waals surface area contributed by atoms with E-state index in [0.717, 1.165) is 23.4 Å². The molecule has 2 aromatic heterocycles. The summed E-state index contributed by atoms with van der Waals surface area (Å²) in [5, 5.41) is 2.96. The number of anilines is 1. The molecule has 0 saturated carbocycles. The fraction of sp³-hybridized carbons (Fsp3) is 0.136. The molecule has 0 atom stereocenters. The van der Waals surface area contributed by atoms with E-state index in [-0.39, 0.29) is 5.91 Å². The molecule has 2 aromatic carbocycles. The highest BCUT2D eigenvalue weighted by Crippen LogP contribution is 2.21. The highest BCUT2D eigenvalue weighted by Gasteiger charge is 2.07. The van der Waals surface area contributed by atoms with Crippen molar-refractivity contribution >= 4 is 17.4 Å². The quantitative estimate of drug-likeness (QED) is 0.581. The lowest BCUT2D eigenvalue weighted by atomic mass is 10.1. The van der Waals surface area contributed by atoms with Gasteiger partial charge in [0.15, 0.2) is 0 Å². The molecule has 5 nitrogen and oxygen atoms in total. The minimum Gasteiger partial charge on any atom is -0.326 e. The summed E-state index contributed by atoms with van der Waals surface area (Å²) < 4.78 is 1.89. The summed E-state index contributed by atoms with van der Waals surface area (Å²) in [6, 6.07) is 17.8. The molecule has 2 heterocycles. The topological polar surface area (TPSA) is 59.3 Å². The Bertz CT molecular complexity index is 1050. The Kier molecular flexibility index (Phi) is 4.66. The van der Waals surface area contributed by atoms with Crippen LogP contribution in [-0.4, -0.2) is 20.3 Å². The summed E-state index contributed by atoms with van der Waals surface area (Å²) in [4.78, 5) is 20.9. The molecule has 4 aromatic rings. The molecule has 134 valence electrons. The summed E-state index contributed by atoms with van der Waals surface area (Å²) in [5.74, 6) is 0.683. The minimum absolute atomic E-state index is 0.0150. The van der Waals surface area contributed by atoms with Gasteiger partial charge in [0.1, 0.15) is 0 Å². The maximum atomic E-state index is 12.2. The van der Waals surface area contributed by atoms with Crippen LogP contribution in [0.15, 0.2) is 73.2 Å². The summed E-state index contributed by atoms with van der Waals surface area (Å²) in [6.45, 7) is 2.06. The Morgan fingerprint density at radius 3 is 2.74 bits per heavy atom. The molecule has 0 aliphatic carbocycles. The van der Waals surface area contributed by atoms with Crippen LogP contribution in [0, 0.1) is 6.92 Å². The van der Waals surface area contributed by atoms with E-state index in [1.165, 1.54) is 11.1 Å². The van der Waals surface area contributed by atoms with Gasteiger partial charge in [0, 0.05) is 36.3 Å². The van der Waals surface area contributed by atoms with Crippen LogP contribution in [0.1, 0.15) is 17.5 Å².